The minimum Gasteiger partial charge on any atom is -0.378 e. The van der Waals surface area contributed by atoms with E-state index in [1.54, 1.807) is 12.1 Å². The van der Waals surface area contributed by atoms with Gasteiger partial charge in [0.25, 0.3) is 0 Å². The van der Waals surface area contributed by atoms with Gasteiger partial charge in [-0.1, -0.05) is 18.2 Å². The normalized spacial score (nSPS) is 11.5. The fraction of sp³-hybridized carbons (Fsp3) is 0.200. The van der Waals surface area contributed by atoms with Crippen LogP contribution in [0.5, 0.6) is 0 Å². The Morgan fingerprint density at radius 3 is 2.05 bits per heavy atom. The van der Waals surface area contributed by atoms with Crippen LogP contribution in [0.25, 0.3) is 0 Å². The lowest BCUT2D eigenvalue weighted by molar-refractivity contribution is 0.514. The third kappa shape index (κ3) is 3.61. The van der Waals surface area contributed by atoms with Crippen LogP contribution < -0.4 is 9.62 Å². The monoisotopic (exact) mass is 326 g/mol. The van der Waals surface area contributed by atoms with E-state index in [0.717, 1.165) is 23.9 Å². The van der Waals surface area contributed by atoms with Crippen molar-refractivity contribution in [2.24, 2.45) is 0 Å². The molecule has 1 N–H and O–H groups in total. The molecule has 0 saturated heterocycles. The Balaban J connectivity index is 2.16. The van der Waals surface area contributed by atoms with Crippen molar-refractivity contribution in [3.05, 3.63) is 59.7 Å². The lowest BCUT2D eigenvalue weighted by Gasteiger charge is -2.13. The summed E-state index contributed by atoms with van der Waals surface area (Å²) >= 11 is 0. The zero-order valence-electron chi connectivity index (χ0n) is 12.2. The number of benzene rings is 2. The SMILES string of the molecule is CN(C)c1ccc(CNS(=O)(=O)c2c(F)cccc2F)cc1. The second-order valence-corrected chi connectivity index (χ2v) is 6.64. The van der Waals surface area contributed by atoms with E-state index in [1.807, 2.05) is 31.1 Å². The Morgan fingerprint density at radius 1 is 1.00 bits per heavy atom. The molecule has 0 aliphatic carbocycles. The molecule has 0 aromatic heterocycles. The van der Waals surface area contributed by atoms with Crippen LogP contribution in [-0.4, -0.2) is 22.5 Å². The summed E-state index contributed by atoms with van der Waals surface area (Å²) in [6.45, 7) is -0.0518. The van der Waals surface area contributed by atoms with Crippen LogP contribution in [0, 0.1) is 11.6 Å². The smallest absolute Gasteiger partial charge is 0.246 e. The molecule has 0 atom stereocenters. The molecular formula is C15H16F2N2O2S. The van der Waals surface area contributed by atoms with Gasteiger partial charge in [-0.2, -0.15) is 0 Å². The minimum atomic E-state index is -4.26. The van der Waals surface area contributed by atoms with Crippen molar-refractivity contribution in [2.45, 2.75) is 11.4 Å². The summed E-state index contributed by atoms with van der Waals surface area (Å²) in [5.41, 5.74) is 1.65. The van der Waals surface area contributed by atoms with E-state index in [4.69, 9.17) is 0 Å². The van der Waals surface area contributed by atoms with E-state index < -0.39 is 26.6 Å². The Kier molecular flexibility index (Phi) is 4.77. The predicted octanol–water partition coefficient (Wildman–Crippen LogP) is 2.51. The summed E-state index contributed by atoms with van der Waals surface area (Å²) < 4.78 is 53.3. The maximum absolute atomic E-state index is 13.5. The van der Waals surface area contributed by atoms with E-state index in [0.29, 0.717) is 5.56 Å². The second kappa shape index (κ2) is 6.41. The van der Waals surface area contributed by atoms with E-state index in [1.165, 1.54) is 0 Å². The fourth-order valence-electron chi connectivity index (χ4n) is 1.90. The number of sulfonamides is 1. The van der Waals surface area contributed by atoms with Crippen LogP contribution in [0.4, 0.5) is 14.5 Å². The molecule has 0 saturated carbocycles. The first-order valence-corrected chi connectivity index (χ1v) is 7.99. The van der Waals surface area contributed by atoms with Crippen LogP contribution >= 0.6 is 0 Å². The summed E-state index contributed by atoms with van der Waals surface area (Å²) in [5.74, 6) is -2.23. The Bertz CT molecular complexity index is 739. The van der Waals surface area contributed by atoms with E-state index in [-0.39, 0.29) is 6.54 Å². The summed E-state index contributed by atoms with van der Waals surface area (Å²) in [6.07, 6.45) is 0. The van der Waals surface area contributed by atoms with E-state index in [2.05, 4.69) is 4.72 Å². The number of rotatable bonds is 5. The van der Waals surface area contributed by atoms with Gasteiger partial charge in [0, 0.05) is 26.3 Å². The molecule has 0 fully saturated rings. The highest BCUT2D eigenvalue weighted by atomic mass is 32.2. The van der Waals surface area contributed by atoms with Crippen molar-refractivity contribution in [3.8, 4) is 0 Å². The number of hydrogen-bond acceptors (Lipinski definition) is 3. The van der Waals surface area contributed by atoms with Crippen molar-refractivity contribution in [1.82, 2.24) is 4.72 Å². The number of hydrogen-bond donors (Lipinski definition) is 1. The first-order valence-electron chi connectivity index (χ1n) is 6.51. The highest BCUT2D eigenvalue weighted by Gasteiger charge is 2.23. The van der Waals surface area contributed by atoms with E-state index in [9.17, 15) is 17.2 Å². The molecule has 2 rings (SSSR count). The zero-order valence-corrected chi connectivity index (χ0v) is 13.0. The van der Waals surface area contributed by atoms with Crippen molar-refractivity contribution >= 4 is 15.7 Å². The first-order chi connectivity index (χ1) is 10.3. The quantitative estimate of drug-likeness (QED) is 0.918. The molecule has 7 heteroatoms. The van der Waals surface area contributed by atoms with Crippen LogP contribution in [0.2, 0.25) is 0 Å². The summed E-state index contributed by atoms with van der Waals surface area (Å²) in [6, 6.07) is 10.1. The van der Waals surface area contributed by atoms with Crippen LogP contribution in [0.15, 0.2) is 47.4 Å². The molecule has 0 aliphatic heterocycles. The minimum absolute atomic E-state index is 0.0518. The molecule has 2 aromatic rings. The third-order valence-electron chi connectivity index (χ3n) is 3.11. The van der Waals surface area contributed by atoms with Gasteiger partial charge in [-0.15, -0.1) is 0 Å². The largest absolute Gasteiger partial charge is 0.378 e. The maximum Gasteiger partial charge on any atom is 0.246 e. The molecule has 4 nitrogen and oxygen atoms in total. The van der Waals surface area contributed by atoms with Crippen LogP contribution in [0.3, 0.4) is 0 Å². The molecule has 2 aromatic carbocycles. The van der Waals surface area contributed by atoms with Crippen LogP contribution in [-0.2, 0) is 16.6 Å². The van der Waals surface area contributed by atoms with Crippen molar-refractivity contribution < 1.29 is 17.2 Å². The van der Waals surface area contributed by atoms with Gasteiger partial charge in [-0.3, -0.25) is 0 Å². The van der Waals surface area contributed by atoms with Gasteiger partial charge < -0.3 is 4.90 Å². The highest BCUT2D eigenvalue weighted by Crippen LogP contribution is 2.19. The molecular weight excluding hydrogens is 310 g/mol. The van der Waals surface area contributed by atoms with Crippen molar-refractivity contribution in [1.29, 1.82) is 0 Å². The van der Waals surface area contributed by atoms with Crippen LogP contribution in [0.1, 0.15) is 5.56 Å². The molecule has 0 aliphatic rings. The van der Waals surface area contributed by atoms with Gasteiger partial charge in [0.2, 0.25) is 10.0 Å². The lowest BCUT2D eigenvalue weighted by Crippen LogP contribution is -2.25. The Morgan fingerprint density at radius 2 is 1.55 bits per heavy atom. The molecule has 0 spiro atoms. The summed E-state index contributed by atoms with van der Waals surface area (Å²) in [5, 5.41) is 0. The Labute approximate surface area is 128 Å². The highest BCUT2D eigenvalue weighted by molar-refractivity contribution is 7.89. The maximum atomic E-state index is 13.5. The molecule has 22 heavy (non-hydrogen) atoms. The third-order valence-corrected chi connectivity index (χ3v) is 4.56. The van der Waals surface area contributed by atoms with Gasteiger partial charge in [0.1, 0.15) is 11.6 Å². The molecule has 0 bridgehead atoms. The number of nitrogens with one attached hydrogen (secondary N) is 1. The Hall–Kier alpha value is -1.99. The standard InChI is InChI=1S/C15H16F2N2O2S/c1-19(2)12-8-6-11(7-9-12)10-18-22(20,21)15-13(16)4-3-5-14(15)17/h3-9,18H,10H2,1-2H3. The number of halogens is 2. The molecule has 0 unspecified atom stereocenters. The lowest BCUT2D eigenvalue weighted by atomic mass is 10.2. The van der Waals surface area contributed by atoms with Gasteiger partial charge >= 0.3 is 0 Å². The van der Waals surface area contributed by atoms with E-state index >= 15 is 0 Å². The number of anilines is 1. The van der Waals surface area contributed by atoms with Crippen molar-refractivity contribution in [3.63, 3.8) is 0 Å². The molecule has 118 valence electrons. The predicted molar refractivity (Wildman–Crippen MR) is 81.2 cm³/mol. The topological polar surface area (TPSA) is 49.4 Å². The fourth-order valence-corrected chi connectivity index (χ4v) is 3.05. The molecule has 0 radical (unpaired) electrons. The van der Waals surface area contributed by atoms with Crippen molar-refractivity contribution in [2.75, 3.05) is 19.0 Å². The zero-order chi connectivity index (χ0) is 16.3. The van der Waals surface area contributed by atoms with Gasteiger partial charge in [0.05, 0.1) is 0 Å². The summed E-state index contributed by atoms with van der Waals surface area (Å²) in [7, 11) is -0.482. The number of nitrogens with zero attached hydrogens (tertiary/aromatic N) is 1. The van der Waals surface area contributed by atoms with Gasteiger partial charge in [-0.25, -0.2) is 21.9 Å². The molecule has 0 amide bonds. The average Bonchev–Trinajstić information content (AvgIpc) is 2.45. The summed E-state index contributed by atoms with van der Waals surface area (Å²) in [4.78, 5) is 0.947. The average molecular weight is 326 g/mol. The van der Waals surface area contributed by atoms with Gasteiger partial charge in [0.15, 0.2) is 4.90 Å². The second-order valence-electron chi connectivity index (χ2n) is 4.94. The molecule has 0 heterocycles. The first kappa shape index (κ1) is 16.4. The van der Waals surface area contributed by atoms with Gasteiger partial charge in [-0.05, 0) is 29.8 Å².